The first kappa shape index (κ1) is 17.8. The van der Waals surface area contributed by atoms with Gasteiger partial charge in [0.1, 0.15) is 0 Å². The zero-order valence-corrected chi connectivity index (χ0v) is 13.2. The van der Waals surface area contributed by atoms with E-state index in [1.165, 1.54) is 25.0 Å². The molecule has 0 aliphatic heterocycles. The average molecular weight is 274 g/mol. The van der Waals surface area contributed by atoms with E-state index in [1.807, 2.05) is 25.6 Å². The molecule has 0 fully saturated rings. The predicted octanol–water partition coefficient (Wildman–Crippen LogP) is 2.80. The number of amides is 1. The standard InChI is InChI=1S/C14H30N2OS/c1-5-12(2)16-14(17)13(3)15-10-8-6-7-9-11-18-4/h12-13,15H,5-11H2,1-4H3,(H,16,17). The minimum Gasteiger partial charge on any atom is -0.352 e. The fraction of sp³-hybridized carbons (Fsp3) is 0.929. The fourth-order valence-electron chi connectivity index (χ4n) is 1.61. The Morgan fingerprint density at radius 1 is 1.17 bits per heavy atom. The number of carbonyl (C=O) groups excluding carboxylic acids is 1. The van der Waals surface area contributed by atoms with Crippen molar-refractivity contribution in [3.05, 3.63) is 0 Å². The maximum absolute atomic E-state index is 11.7. The van der Waals surface area contributed by atoms with Gasteiger partial charge in [0.15, 0.2) is 0 Å². The molecule has 2 atom stereocenters. The monoisotopic (exact) mass is 274 g/mol. The van der Waals surface area contributed by atoms with Gasteiger partial charge in [0.05, 0.1) is 6.04 Å². The summed E-state index contributed by atoms with van der Waals surface area (Å²) in [4.78, 5) is 11.7. The van der Waals surface area contributed by atoms with Crippen molar-refractivity contribution >= 4 is 17.7 Å². The Morgan fingerprint density at radius 3 is 2.44 bits per heavy atom. The molecule has 0 aliphatic carbocycles. The fourth-order valence-corrected chi connectivity index (χ4v) is 2.10. The number of thioether (sulfide) groups is 1. The van der Waals surface area contributed by atoms with Crippen LogP contribution in [0.25, 0.3) is 0 Å². The molecule has 0 heterocycles. The van der Waals surface area contributed by atoms with Crippen molar-refractivity contribution in [1.29, 1.82) is 0 Å². The molecule has 18 heavy (non-hydrogen) atoms. The van der Waals surface area contributed by atoms with Crippen LogP contribution in [0.5, 0.6) is 0 Å². The largest absolute Gasteiger partial charge is 0.352 e. The van der Waals surface area contributed by atoms with Crippen molar-refractivity contribution in [2.75, 3.05) is 18.6 Å². The highest BCUT2D eigenvalue weighted by Crippen LogP contribution is 2.04. The van der Waals surface area contributed by atoms with Gasteiger partial charge in [-0.2, -0.15) is 11.8 Å². The first-order valence-corrected chi connectivity index (χ1v) is 8.53. The molecular formula is C14H30N2OS. The highest BCUT2D eigenvalue weighted by molar-refractivity contribution is 7.98. The number of unbranched alkanes of at least 4 members (excludes halogenated alkanes) is 3. The highest BCUT2D eigenvalue weighted by atomic mass is 32.2. The van der Waals surface area contributed by atoms with Gasteiger partial charge < -0.3 is 10.6 Å². The van der Waals surface area contributed by atoms with Crippen LogP contribution < -0.4 is 10.6 Å². The second-order valence-corrected chi connectivity index (χ2v) is 5.89. The molecule has 2 N–H and O–H groups in total. The summed E-state index contributed by atoms with van der Waals surface area (Å²) in [5.41, 5.74) is 0. The summed E-state index contributed by atoms with van der Waals surface area (Å²) in [6, 6.07) is 0.193. The Labute approximate surface area is 117 Å². The van der Waals surface area contributed by atoms with E-state index in [4.69, 9.17) is 0 Å². The molecule has 0 aromatic carbocycles. The lowest BCUT2D eigenvalue weighted by molar-refractivity contribution is -0.123. The van der Waals surface area contributed by atoms with E-state index in [0.29, 0.717) is 0 Å². The number of hydrogen-bond acceptors (Lipinski definition) is 3. The number of nitrogens with one attached hydrogen (secondary N) is 2. The van der Waals surface area contributed by atoms with Crippen molar-refractivity contribution in [3.63, 3.8) is 0 Å². The van der Waals surface area contributed by atoms with Crippen LogP contribution in [0.15, 0.2) is 0 Å². The van der Waals surface area contributed by atoms with Crippen molar-refractivity contribution in [1.82, 2.24) is 10.6 Å². The van der Waals surface area contributed by atoms with Crippen LogP contribution in [-0.4, -0.2) is 36.5 Å². The summed E-state index contributed by atoms with van der Waals surface area (Å²) in [6.07, 6.45) is 8.16. The van der Waals surface area contributed by atoms with Crippen LogP contribution in [0.3, 0.4) is 0 Å². The maximum atomic E-state index is 11.7. The van der Waals surface area contributed by atoms with Crippen LogP contribution in [0.1, 0.15) is 52.9 Å². The minimum atomic E-state index is -0.0785. The van der Waals surface area contributed by atoms with Crippen molar-refractivity contribution in [2.24, 2.45) is 0 Å². The molecule has 0 spiro atoms. The van der Waals surface area contributed by atoms with Crippen LogP contribution >= 0.6 is 11.8 Å². The van der Waals surface area contributed by atoms with Crippen LogP contribution in [0.2, 0.25) is 0 Å². The maximum Gasteiger partial charge on any atom is 0.237 e. The van der Waals surface area contributed by atoms with E-state index in [9.17, 15) is 4.79 Å². The van der Waals surface area contributed by atoms with E-state index >= 15 is 0 Å². The normalized spacial score (nSPS) is 14.2. The third kappa shape index (κ3) is 9.77. The molecule has 0 bridgehead atoms. The van der Waals surface area contributed by atoms with Crippen LogP contribution in [0, 0.1) is 0 Å². The van der Waals surface area contributed by atoms with Crippen LogP contribution in [-0.2, 0) is 4.79 Å². The summed E-state index contributed by atoms with van der Waals surface area (Å²) in [6.45, 7) is 6.99. The molecule has 3 nitrogen and oxygen atoms in total. The van der Waals surface area contributed by atoms with E-state index in [1.54, 1.807) is 0 Å². The summed E-state index contributed by atoms with van der Waals surface area (Å²) >= 11 is 1.91. The van der Waals surface area contributed by atoms with Gasteiger partial charge in [-0.25, -0.2) is 0 Å². The van der Waals surface area contributed by atoms with Gasteiger partial charge in [-0.3, -0.25) is 4.79 Å². The van der Waals surface area contributed by atoms with Gasteiger partial charge in [0.25, 0.3) is 0 Å². The zero-order chi connectivity index (χ0) is 13.8. The quantitative estimate of drug-likeness (QED) is 0.569. The van der Waals surface area contributed by atoms with Gasteiger partial charge in [0, 0.05) is 6.04 Å². The molecule has 0 saturated carbocycles. The second kappa shape index (κ2) is 11.8. The molecule has 1 amide bonds. The van der Waals surface area contributed by atoms with Gasteiger partial charge in [-0.1, -0.05) is 19.8 Å². The molecule has 4 heteroatoms. The molecule has 0 radical (unpaired) electrons. The van der Waals surface area contributed by atoms with Crippen molar-refractivity contribution in [2.45, 2.75) is 65.0 Å². The third-order valence-corrected chi connectivity index (χ3v) is 3.82. The molecule has 0 aromatic heterocycles. The number of carbonyl (C=O) groups is 1. The van der Waals surface area contributed by atoms with E-state index < -0.39 is 0 Å². The number of rotatable bonds is 11. The van der Waals surface area contributed by atoms with Gasteiger partial charge in [-0.15, -0.1) is 0 Å². The lowest BCUT2D eigenvalue weighted by Gasteiger charge is -2.17. The third-order valence-electron chi connectivity index (χ3n) is 3.12. The van der Waals surface area contributed by atoms with E-state index in [-0.39, 0.29) is 18.0 Å². The smallest absolute Gasteiger partial charge is 0.237 e. The predicted molar refractivity (Wildman–Crippen MR) is 82.2 cm³/mol. The topological polar surface area (TPSA) is 41.1 Å². The lowest BCUT2D eigenvalue weighted by Crippen LogP contribution is -2.45. The van der Waals surface area contributed by atoms with Crippen molar-refractivity contribution in [3.8, 4) is 0 Å². The number of hydrogen-bond donors (Lipinski definition) is 2. The summed E-state index contributed by atoms with van der Waals surface area (Å²) in [5.74, 6) is 1.38. The Morgan fingerprint density at radius 2 is 1.83 bits per heavy atom. The Hall–Kier alpha value is -0.220. The minimum absolute atomic E-state index is 0.0785. The van der Waals surface area contributed by atoms with Gasteiger partial charge >= 0.3 is 0 Å². The Balaban J connectivity index is 3.46. The van der Waals surface area contributed by atoms with Crippen molar-refractivity contribution < 1.29 is 4.79 Å². The molecule has 108 valence electrons. The summed E-state index contributed by atoms with van der Waals surface area (Å²) in [7, 11) is 0. The SMILES string of the molecule is CCC(C)NC(=O)C(C)NCCCCCCSC. The van der Waals surface area contributed by atoms with Crippen LogP contribution in [0.4, 0.5) is 0 Å². The molecule has 2 unspecified atom stereocenters. The summed E-state index contributed by atoms with van der Waals surface area (Å²) in [5, 5.41) is 6.28. The molecule has 0 aromatic rings. The average Bonchev–Trinajstić information content (AvgIpc) is 2.37. The lowest BCUT2D eigenvalue weighted by atomic mass is 10.2. The second-order valence-electron chi connectivity index (χ2n) is 4.90. The van der Waals surface area contributed by atoms with Gasteiger partial charge in [-0.05, 0) is 51.7 Å². The highest BCUT2D eigenvalue weighted by Gasteiger charge is 2.12. The molecule has 0 aliphatic rings. The molecular weight excluding hydrogens is 244 g/mol. The van der Waals surface area contributed by atoms with Gasteiger partial charge in [0.2, 0.25) is 5.91 Å². The Kier molecular flexibility index (Phi) is 11.7. The molecule has 0 rings (SSSR count). The Bertz CT molecular complexity index is 212. The first-order chi connectivity index (χ1) is 8.61. The molecule has 0 saturated heterocycles. The zero-order valence-electron chi connectivity index (χ0n) is 12.4. The van der Waals surface area contributed by atoms with E-state index in [2.05, 4.69) is 23.8 Å². The summed E-state index contributed by atoms with van der Waals surface area (Å²) < 4.78 is 0. The van der Waals surface area contributed by atoms with E-state index in [0.717, 1.165) is 19.4 Å². The first-order valence-electron chi connectivity index (χ1n) is 7.14.